The fraction of sp³-hybridized carbons (Fsp3) is 0.429. The molecule has 102 valence electrons. The van der Waals surface area contributed by atoms with Crippen LogP contribution >= 0.6 is 11.8 Å². The van der Waals surface area contributed by atoms with Crippen LogP contribution in [0.5, 0.6) is 0 Å². The summed E-state index contributed by atoms with van der Waals surface area (Å²) in [5.41, 5.74) is 1.43. The Hall–Kier alpha value is -1.49. The number of anilines is 1. The van der Waals surface area contributed by atoms with Crippen LogP contribution in [-0.4, -0.2) is 40.8 Å². The second-order valence-electron chi connectivity index (χ2n) is 4.50. The Bertz CT molecular complexity index is 567. The molecule has 2 rings (SSSR count). The van der Waals surface area contributed by atoms with Crippen molar-refractivity contribution in [3.63, 3.8) is 0 Å². The van der Waals surface area contributed by atoms with Crippen LogP contribution in [0.15, 0.2) is 24.4 Å². The van der Waals surface area contributed by atoms with Crippen LogP contribution in [0.4, 0.5) is 5.82 Å². The topological polar surface area (TPSA) is 37.6 Å². The molecule has 2 aromatic rings. The summed E-state index contributed by atoms with van der Waals surface area (Å²) >= 11 is 1.81. The first-order valence-electron chi connectivity index (χ1n) is 6.37. The number of pyridine rings is 1. The van der Waals surface area contributed by atoms with Crippen LogP contribution in [0.2, 0.25) is 0 Å². The monoisotopic (exact) mass is 277 g/mol. The largest absolute Gasteiger partial charge is 0.354 e. The predicted molar refractivity (Wildman–Crippen MR) is 81.4 cm³/mol. The van der Waals surface area contributed by atoms with Gasteiger partial charge in [0, 0.05) is 25.0 Å². The summed E-state index contributed by atoms with van der Waals surface area (Å²) in [5.74, 6) is 1.79. The summed E-state index contributed by atoms with van der Waals surface area (Å²) in [4.78, 5) is 18.1. The third kappa shape index (κ3) is 2.61. The highest BCUT2D eigenvalue weighted by Gasteiger charge is 2.20. The quantitative estimate of drug-likeness (QED) is 0.761. The molecule has 4 nitrogen and oxygen atoms in total. The van der Waals surface area contributed by atoms with E-state index in [0.717, 1.165) is 29.9 Å². The first kappa shape index (κ1) is 13.9. The maximum atomic E-state index is 11.4. The van der Waals surface area contributed by atoms with Gasteiger partial charge in [0.1, 0.15) is 11.3 Å². The predicted octanol–water partition coefficient (Wildman–Crippen LogP) is 2.72. The number of rotatable bonds is 6. The van der Waals surface area contributed by atoms with Gasteiger partial charge in [-0.25, -0.2) is 4.98 Å². The molecular formula is C14H19N3OS. The van der Waals surface area contributed by atoms with Gasteiger partial charge < -0.3 is 4.90 Å². The number of hydrogen-bond acceptors (Lipinski definition) is 4. The minimum atomic E-state index is 0.388. The van der Waals surface area contributed by atoms with Crippen molar-refractivity contribution in [2.45, 2.75) is 19.4 Å². The summed E-state index contributed by atoms with van der Waals surface area (Å²) in [6, 6.07) is 6.14. The van der Waals surface area contributed by atoms with Crippen molar-refractivity contribution in [1.82, 2.24) is 9.38 Å². The minimum absolute atomic E-state index is 0.388. The highest BCUT2D eigenvalue weighted by atomic mass is 32.2. The number of carbonyl (C=O) groups excluding carboxylic acids is 1. The van der Waals surface area contributed by atoms with Gasteiger partial charge in [0.2, 0.25) is 0 Å². The number of hydrogen-bond donors (Lipinski definition) is 0. The first-order valence-corrected chi connectivity index (χ1v) is 7.76. The van der Waals surface area contributed by atoms with Gasteiger partial charge >= 0.3 is 0 Å². The van der Waals surface area contributed by atoms with Crippen LogP contribution < -0.4 is 4.90 Å². The molecule has 0 bridgehead atoms. The molecule has 2 heterocycles. The van der Waals surface area contributed by atoms with E-state index in [1.165, 1.54) is 0 Å². The maximum absolute atomic E-state index is 11.4. The molecule has 19 heavy (non-hydrogen) atoms. The van der Waals surface area contributed by atoms with Gasteiger partial charge in [0.05, 0.1) is 0 Å². The molecule has 0 saturated heterocycles. The molecule has 0 amide bonds. The number of aldehydes is 1. The second-order valence-corrected chi connectivity index (χ2v) is 5.41. The Morgan fingerprint density at radius 3 is 2.95 bits per heavy atom. The number of fused-ring (bicyclic) bond motifs is 1. The lowest BCUT2D eigenvalue weighted by Crippen LogP contribution is -2.34. The van der Waals surface area contributed by atoms with E-state index in [4.69, 9.17) is 0 Å². The van der Waals surface area contributed by atoms with E-state index < -0.39 is 0 Å². The lowest BCUT2D eigenvalue weighted by Gasteiger charge is -2.27. The first-order chi connectivity index (χ1) is 9.22. The van der Waals surface area contributed by atoms with Crippen molar-refractivity contribution in [2.75, 3.05) is 24.0 Å². The van der Waals surface area contributed by atoms with Crippen LogP contribution in [0.3, 0.4) is 0 Å². The number of carbonyl (C=O) groups is 1. The molecule has 5 heteroatoms. The molecule has 2 aromatic heterocycles. The van der Waals surface area contributed by atoms with Crippen molar-refractivity contribution < 1.29 is 4.79 Å². The second kappa shape index (κ2) is 6.10. The Morgan fingerprint density at radius 2 is 2.32 bits per heavy atom. The third-order valence-electron chi connectivity index (χ3n) is 3.37. The average molecular weight is 277 g/mol. The minimum Gasteiger partial charge on any atom is -0.354 e. The van der Waals surface area contributed by atoms with Gasteiger partial charge in [-0.1, -0.05) is 13.0 Å². The molecule has 0 aliphatic heterocycles. The lowest BCUT2D eigenvalue weighted by atomic mass is 10.2. The van der Waals surface area contributed by atoms with Gasteiger partial charge in [0.25, 0.3) is 0 Å². The molecule has 0 N–H and O–H groups in total. The molecule has 0 saturated carbocycles. The molecular weight excluding hydrogens is 258 g/mol. The summed E-state index contributed by atoms with van der Waals surface area (Å²) in [5, 5.41) is 0. The van der Waals surface area contributed by atoms with Gasteiger partial charge in [-0.2, -0.15) is 11.8 Å². The van der Waals surface area contributed by atoms with Crippen molar-refractivity contribution in [3.8, 4) is 0 Å². The number of thioether (sulfide) groups is 1. The smallest absolute Gasteiger partial charge is 0.170 e. The van der Waals surface area contributed by atoms with Gasteiger partial charge in [-0.15, -0.1) is 0 Å². The van der Waals surface area contributed by atoms with Crippen LogP contribution in [0.25, 0.3) is 5.65 Å². The molecule has 0 aromatic carbocycles. The van der Waals surface area contributed by atoms with Gasteiger partial charge in [-0.05, 0) is 24.8 Å². The van der Waals surface area contributed by atoms with Crippen molar-refractivity contribution in [3.05, 3.63) is 30.1 Å². The normalized spacial score (nSPS) is 12.6. The third-order valence-corrected chi connectivity index (χ3v) is 4.09. The molecule has 0 fully saturated rings. The van der Waals surface area contributed by atoms with E-state index in [1.807, 2.05) is 47.6 Å². The van der Waals surface area contributed by atoms with E-state index in [1.54, 1.807) is 0 Å². The molecule has 0 spiro atoms. The fourth-order valence-electron chi connectivity index (χ4n) is 2.24. The van der Waals surface area contributed by atoms with Crippen molar-refractivity contribution >= 4 is 29.5 Å². The highest BCUT2D eigenvalue weighted by molar-refractivity contribution is 7.98. The fourth-order valence-corrected chi connectivity index (χ4v) is 3.08. The summed E-state index contributed by atoms with van der Waals surface area (Å²) in [6.07, 6.45) is 5.89. The van der Waals surface area contributed by atoms with Gasteiger partial charge in [0.15, 0.2) is 12.1 Å². The Balaban J connectivity index is 2.46. The highest BCUT2D eigenvalue weighted by Crippen LogP contribution is 2.23. The Labute approximate surface area is 117 Å². The molecule has 1 atom stereocenters. The van der Waals surface area contributed by atoms with E-state index in [9.17, 15) is 4.79 Å². The van der Waals surface area contributed by atoms with E-state index in [-0.39, 0.29) is 0 Å². The number of imidazole rings is 1. The summed E-state index contributed by atoms with van der Waals surface area (Å²) < 4.78 is 1.84. The summed E-state index contributed by atoms with van der Waals surface area (Å²) in [6.45, 7) is 2.16. The van der Waals surface area contributed by atoms with Crippen molar-refractivity contribution in [1.29, 1.82) is 0 Å². The number of aromatic nitrogens is 2. The maximum Gasteiger partial charge on any atom is 0.170 e. The molecule has 1 unspecified atom stereocenters. The van der Waals surface area contributed by atoms with E-state index in [2.05, 4.69) is 23.1 Å². The molecule has 0 aliphatic carbocycles. The van der Waals surface area contributed by atoms with Crippen LogP contribution in [-0.2, 0) is 0 Å². The molecule has 0 aliphatic rings. The van der Waals surface area contributed by atoms with Crippen LogP contribution in [0.1, 0.15) is 23.8 Å². The Kier molecular flexibility index (Phi) is 4.47. The van der Waals surface area contributed by atoms with Crippen molar-refractivity contribution in [2.24, 2.45) is 0 Å². The zero-order valence-corrected chi connectivity index (χ0v) is 12.4. The van der Waals surface area contributed by atoms with E-state index in [0.29, 0.717) is 11.7 Å². The van der Waals surface area contributed by atoms with Crippen LogP contribution in [0, 0.1) is 0 Å². The molecule has 0 radical (unpaired) electrons. The van der Waals surface area contributed by atoms with E-state index >= 15 is 0 Å². The summed E-state index contributed by atoms with van der Waals surface area (Å²) in [7, 11) is 2.01. The SMILES string of the molecule is CCC(CSC)N(C)c1nc2ccccn2c1C=O. The standard InChI is InChI=1S/C14H19N3OS/c1-4-11(10-19-3)16(2)14-12(9-18)17-8-6-5-7-13(17)15-14/h5-9,11H,4,10H2,1-3H3. The Morgan fingerprint density at radius 1 is 1.53 bits per heavy atom. The zero-order valence-electron chi connectivity index (χ0n) is 11.5. The average Bonchev–Trinajstić information content (AvgIpc) is 2.82. The number of nitrogens with zero attached hydrogens (tertiary/aromatic N) is 3. The zero-order chi connectivity index (χ0) is 13.8. The van der Waals surface area contributed by atoms with Gasteiger partial charge in [-0.3, -0.25) is 9.20 Å². The lowest BCUT2D eigenvalue weighted by molar-refractivity contribution is 0.111.